The van der Waals surface area contributed by atoms with Gasteiger partial charge in [-0.05, 0) is 35.9 Å². The summed E-state index contributed by atoms with van der Waals surface area (Å²) >= 11 is 1.59. The molecule has 1 N–H and O–H groups in total. The number of hydrogen-bond donors (Lipinski definition) is 1. The number of amides is 1. The van der Waals surface area contributed by atoms with Crippen LogP contribution in [0.2, 0.25) is 0 Å². The van der Waals surface area contributed by atoms with Crippen LogP contribution in [0, 0.1) is 5.92 Å². The second kappa shape index (κ2) is 6.96. The van der Waals surface area contributed by atoms with Crippen molar-refractivity contribution >= 4 is 33.2 Å². The van der Waals surface area contributed by atoms with Gasteiger partial charge in [-0.25, -0.2) is 8.42 Å². The Hall–Kier alpha value is -1.01. The molecule has 1 rings (SSSR count). The molecular formula is C13H19NO3S2. The van der Waals surface area contributed by atoms with E-state index in [1.807, 2.05) is 0 Å². The zero-order valence-corrected chi connectivity index (χ0v) is 13.0. The van der Waals surface area contributed by atoms with Crippen molar-refractivity contribution in [3.05, 3.63) is 24.3 Å². The summed E-state index contributed by atoms with van der Waals surface area (Å²) in [6, 6.07) is 6.18. The van der Waals surface area contributed by atoms with E-state index < -0.39 is 9.84 Å². The van der Waals surface area contributed by atoms with Crippen LogP contribution in [0.3, 0.4) is 0 Å². The van der Waals surface area contributed by atoms with E-state index in [9.17, 15) is 13.2 Å². The van der Waals surface area contributed by atoms with Gasteiger partial charge in [0.1, 0.15) is 0 Å². The van der Waals surface area contributed by atoms with Crippen molar-refractivity contribution in [1.82, 2.24) is 0 Å². The maximum atomic E-state index is 11.6. The summed E-state index contributed by atoms with van der Waals surface area (Å²) in [5, 5.41) is 2.74. The summed E-state index contributed by atoms with van der Waals surface area (Å²) in [5.74, 6) is 1.84. The van der Waals surface area contributed by atoms with Crippen LogP contribution in [-0.2, 0) is 14.6 Å². The van der Waals surface area contributed by atoms with Crippen LogP contribution in [0.15, 0.2) is 29.2 Å². The van der Waals surface area contributed by atoms with Crippen molar-refractivity contribution in [1.29, 1.82) is 0 Å². The Morgan fingerprint density at radius 1 is 1.26 bits per heavy atom. The molecule has 0 radical (unpaired) electrons. The van der Waals surface area contributed by atoms with E-state index in [0.717, 1.165) is 12.0 Å². The molecule has 0 heterocycles. The largest absolute Gasteiger partial charge is 0.325 e. The number of carbonyl (C=O) groups is 1. The highest BCUT2D eigenvalue weighted by Gasteiger charge is 2.07. The summed E-state index contributed by atoms with van der Waals surface area (Å²) in [6.45, 7) is 4.21. The average molecular weight is 301 g/mol. The number of anilines is 1. The van der Waals surface area contributed by atoms with E-state index in [0.29, 0.717) is 17.4 Å². The van der Waals surface area contributed by atoms with Gasteiger partial charge in [0.2, 0.25) is 5.91 Å². The topological polar surface area (TPSA) is 63.2 Å². The van der Waals surface area contributed by atoms with Gasteiger partial charge in [-0.15, -0.1) is 0 Å². The predicted molar refractivity (Wildman–Crippen MR) is 80.3 cm³/mol. The maximum absolute atomic E-state index is 11.6. The van der Waals surface area contributed by atoms with Crippen molar-refractivity contribution in [2.45, 2.75) is 18.7 Å². The fourth-order valence-electron chi connectivity index (χ4n) is 1.37. The van der Waals surface area contributed by atoms with Crippen molar-refractivity contribution < 1.29 is 13.2 Å². The average Bonchev–Trinajstić information content (AvgIpc) is 2.27. The Kier molecular flexibility index (Phi) is 5.87. The molecule has 0 saturated heterocycles. The molecule has 0 unspecified atom stereocenters. The lowest BCUT2D eigenvalue weighted by molar-refractivity contribution is -0.113. The van der Waals surface area contributed by atoms with Crippen molar-refractivity contribution in [3.63, 3.8) is 0 Å². The van der Waals surface area contributed by atoms with Crippen LogP contribution in [-0.4, -0.2) is 32.1 Å². The second-order valence-corrected chi connectivity index (χ2v) is 7.80. The van der Waals surface area contributed by atoms with Gasteiger partial charge in [0.15, 0.2) is 9.84 Å². The first-order chi connectivity index (χ1) is 8.79. The highest BCUT2D eigenvalue weighted by Crippen LogP contribution is 2.14. The van der Waals surface area contributed by atoms with Gasteiger partial charge in [0, 0.05) is 11.9 Å². The number of benzene rings is 1. The smallest absolute Gasteiger partial charge is 0.234 e. The zero-order chi connectivity index (χ0) is 14.5. The van der Waals surface area contributed by atoms with Crippen LogP contribution in [0.25, 0.3) is 0 Å². The van der Waals surface area contributed by atoms with Gasteiger partial charge < -0.3 is 5.32 Å². The standard InChI is InChI=1S/C13H19NO3S2/c1-10(2)8-18-9-13(15)14-11-4-6-12(7-5-11)19(3,16)17/h4-7,10H,8-9H2,1-3H3,(H,14,15). The molecule has 1 aromatic carbocycles. The molecule has 6 heteroatoms. The molecule has 0 aliphatic rings. The Bertz CT molecular complexity index is 521. The third kappa shape index (κ3) is 6.11. The molecule has 1 aromatic rings. The van der Waals surface area contributed by atoms with E-state index in [-0.39, 0.29) is 10.8 Å². The summed E-state index contributed by atoms with van der Waals surface area (Å²) in [4.78, 5) is 11.9. The third-order valence-corrected chi connectivity index (χ3v) is 4.75. The highest BCUT2D eigenvalue weighted by atomic mass is 32.2. The van der Waals surface area contributed by atoms with Gasteiger partial charge in [0.25, 0.3) is 0 Å². The van der Waals surface area contributed by atoms with Crippen molar-refractivity contribution in [2.24, 2.45) is 5.92 Å². The summed E-state index contributed by atoms with van der Waals surface area (Å²) in [6.07, 6.45) is 1.16. The lowest BCUT2D eigenvalue weighted by atomic mass is 10.3. The molecule has 0 atom stereocenters. The van der Waals surface area contributed by atoms with E-state index >= 15 is 0 Å². The number of thioether (sulfide) groups is 1. The minimum Gasteiger partial charge on any atom is -0.325 e. The fraction of sp³-hybridized carbons (Fsp3) is 0.462. The normalized spacial score (nSPS) is 11.6. The molecule has 106 valence electrons. The van der Waals surface area contributed by atoms with Crippen LogP contribution >= 0.6 is 11.8 Å². The first kappa shape index (κ1) is 16.0. The Balaban J connectivity index is 2.52. The molecule has 4 nitrogen and oxygen atoms in total. The lowest BCUT2D eigenvalue weighted by Crippen LogP contribution is -2.14. The molecule has 0 aliphatic heterocycles. The zero-order valence-electron chi connectivity index (χ0n) is 11.3. The minimum absolute atomic E-state index is 0.0715. The van der Waals surface area contributed by atoms with Crippen LogP contribution in [0.5, 0.6) is 0 Å². The number of rotatable bonds is 6. The third-order valence-electron chi connectivity index (χ3n) is 2.25. The second-order valence-electron chi connectivity index (χ2n) is 4.75. The van der Waals surface area contributed by atoms with Gasteiger partial charge >= 0.3 is 0 Å². The molecule has 0 fully saturated rings. The molecule has 0 saturated carbocycles. The fourth-order valence-corrected chi connectivity index (χ4v) is 2.85. The van der Waals surface area contributed by atoms with Crippen LogP contribution in [0.1, 0.15) is 13.8 Å². The summed E-state index contributed by atoms with van der Waals surface area (Å²) in [5.41, 5.74) is 0.613. The lowest BCUT2D eigenvalue weighted by Gasteiger charge is -2.07. The number of sulfone groups is 1. The molecule has 1 amide bonds. The van der Waals surface area contributed by atoms with E-state index in [2.05, 4.69) is 19.2 Å². The number of nitrogens with one attached hydrogen (secondary N) is 1. The number of carbonyl (C=O) groups excluding carboxylic acids is 1. The molecule has 0 aliphatic carbocycles. The quantitative estimate of drug-likeness (QED) is 0.876. The van der Waals surface area contributed by atoms with Gasteiger partial charge in [-0.1, -0.05) is 13.8 Å². The molecule has 0 aromatic heterocycles. The van der Waals surface area contributed by atoms with E-state index in [1.165, 1.54) is 12.1 Å². The van der Waals surface area contributed by atoms with E-state index in [1.54, 1.807) is 23.9 Å². The monoisotopic (exact) mass is 301 g/mol. The van der Waals surface area contributed by atoms with Gasteiger partial charge in [-0.3, -0.25) is 4.79 Å². The Labute approximate surface area is 118 Å². The maximum Gasteiger partial charge on any atom is 0.234 e. The number of hydrogen-bond acceptors (Lipinski definition) is 4. The van der Waals surface area contributed by atoms with Gasteiger partial charge in [0.05, 0.1) is 10.6 Å². The first-order valence-corrected chi connectivity index (χ1v) is 9.01. The van der Waals surface area contributed by atoms with E-state index in [4.69, 9.17) is 0 Å². The van der Waals surface area contributed by atoms with Crippen LogP contribution in [0.4, 0.5) is 5.69 Å². The summed E-state index contributed by atoms with van der Waals surface area (Å²) in [7, 11) is -3.19. The molecule has 19 heavy (non-hydrogen) atoms. The van der Waals surface area contributed by atoms with Crippen molar-refractivity contribution in [2.75, 3.05) is 23.1 Å². The van der Waals surface area contributed by atoms with Gasteiger partial charge in [-0.2, -0.15) is 11.8 Å². The first-order valence-electron chi connectivity index (χ1n) is 5.97. The molecule has 0 spiro atoms. The van der Waals surface area contributed by atoms with Crippen LogP contribution < -0.4 is 5.32 Å². The predicted octanol–water partition coefficient (Wildman–Crippen LogP) is 2.42. The molecular weight excluding hydrogens is 282 g/mol. The minimum atomic E-state index is -3.19. The summed E-state index contributed by atoms with van der Waals surface area (Å²) < 4.78 is 22.6. The highest BCUT2D eigenvalue weighted by molar-refractivity contribution is 7.99. The molecule has 0 bridgehead atoms. The SMILES string of the molecule is CC(C)CSCC(=O)Nc1ccc(S(C)(=O)=O)cc1. The Morgan fingerprint density at radius 3 is 2.32 bits per heavy atom. The Morgan fingerprint density at radius 2 is 1.84 bits per heavy atom. The van der Waals surface area contributed by atoms with Crippen molar-refractivity contribution in [3.8, 4) is 0 Å².